The molecule has 0 amide bonds. The predicted octanol–water partition coefficient (Wildman–Crippen LogP) is 1.82. The second-order valence-corrected chi connectivity index (χ2v) is 7.64. The van der Waals surface area contributed by atoms with Crippen LogP contribution in [-0.2, 0) is 10.0 Å². The number of halogens is 1. The largest absolute Gasteiger partial charge is 0.369 e. The fraction of sp³-hybridized carbons (Fsp3) is 0.235. The molecule has 25 heavy (non-hydrogen) atoms. The van der Waals surface area contributed by atoms with Crippen LogP contribution in [0.1, 0.15) is 0 Å². The second kappa shape index (κ2) is 6.12. The molecule has 8 heteroatoms. The van der Waals surface area contributed by atoms with Crippen molar-refractivity contribution in [3.63, 3.8) is 0 Å². The van der Waals surface area contributed by atoms with E-state index in [0.29, 0.717) is 10.9 Å². The van der Waals surface area contributed by atoms with Gasteiger partial charge in [0, 0.05) is 37.3 Å². The molecule has 2 aromatic carbocycles. The number of benzene rings is 2. The van der Waals surface area contributed by atoms with Crippen molar-refractivity contribution in [3.05, 3.63) is 54.5 Å². The van der Waals surface area contributed by atoms with Crippen molar-refractivity contribution in [2.45, 2.75) is 4.90 Å². The molecule has 0 aliphatic carbocycles. The van der Waals surface area contributed by atoms with Gasteiger partial charge in [-0.3, -0.25) is 0 Å². The number of nitrogens with one attached hydrogen (secondary N) is 1. The van der Waals surface area contributed by atoms with Crippen LogP contribution in [0.25, 0.3) is 10.9 Å². The molecule has 1 N–H and O–H groups in total. The normalized spacial score (nSPS) is 15.6. The first kappa shape index (κ1) is 16.0. The molecule has 0 saturated carbocycles. The minimum Gasteiger partial charge on any atom is -0.369 e. The molecule has 2 heterocycles. The zero-order valence-corrected chi connectivity index (χ0v) is 14.2. The molecule has 0 atom stereocenters. The van der Waals surface area contributed by atoms with Gasteiger partial charge in [0.1, 0.15) is 10.7 Å². The number of hydrogen-bond acceptors (Lipinski definition) is 5. The summed E-state index contributed by atoms with van der Waals surface area (Å²) in [5.41, 5.74) is 1.37. The summed E-state index contributed by atoms with van der Waals surface area (Å²) in [5.74, 6) is -0.788. The molecule has 1 saturated heterocycles. The molecule has 130 valence electrons. The Labute approximate surface area is 144 Å². The summed E-state index contributed by atoms with van der Waals surface area (Å²) in [5, 5.41) is 7.98. The zero-order chi connectivity index (χ0) is 17.4. The van der Waals surface area contributed by atoms with Crippen molar-refractivity contribution < 1.29 is 12.8 Å². The van der Waals surface area contributed by atoms with Crippen LogP contribution in [0.4, 0.5) is 10.1 Å². The molecule has 6 nitrogen and oxygen atoms in total. The third kappa shape index (κ3) is 2.77. The van der Waals surface area contributed by atoms with Gasteiger partial charge >= 0.3 is 0 Å². The molecule has 1 aliphatic rings. The molecule has 0 unspecified atom stereocenters. The number of hydrogen-bond donors (Lipinski definition) is 1. The van der Waals surface area contributed by atoms with Crippen LogP contribution < -0.4 is 10.2 Å². The van der Waals surface area contributed by atoms with Crippen molar-refractivity contribution in [2.75, 3.05) is 31.1 Å². The molecule has 0 radical (unpaired) electrons. The van der Waals surface area contributed by atoms with Crippen molar-refractivity contribution in [1.82, 2.24) is 14.5 Å². The molecule has 4 rings (SSSR count). The highest BCUT2D eigenvalue weighted by atomic mass is 32.2. The molecule has 1 aliphatic heterocycles. The standard InChI is InChI=1S/C17H17FN4O2S/c18-15-3-1-2-4-17(15)25(23,24)22-16-11-14(6-5-13(16)12-20-22)21-9-7-19-8-10-21/h1-6,11-12,19H,7-10H2. The van der Waals surface area contributed by atoms with Crippen LogP contribution in [0.2, 0.25) is 0 Å². The first-order valence-corrected chi connectivity index (χ1v) is 9.45. The lowest BCUT2D eigenvalue weighted by atomic mass is 10.2. The van der Waals surface area contributed by atoms with Gasteiger partial charge in [0.05, 0.1) is 11.7 Å². The SMILES string of the molecule is O=S(=O)(c1ccccc1F)n1ncc2ccc(N3CCNCC3)cc21. The van der Waals surface area contributed by atoms with Gasteiger partial charge in [0.15, 0.2) is 0 Å². The molecule has 0 bridgehead atoms. The molecular weight excluding hydrogens is 343 g/mol. The molecule has 0 spiro atoms. The van der Waals surface area contributed by atoms with Gasteiger partial charge in [-0.25, -0.2) is 4.39 Å². The maximum Gasteiger partial charge on any atom is 0.286 e. The summed E-state index contributed by atoms with van der Waals surface area (Å²) in [6, 6.07) is 10.9. The van der Waals surface area contributed by atoms with Gasteiger partial charge < -0.3 is 10.2 Å². The maximum absolute atomic E-state index is 14.0. The Kier molecular flexibility index (Phi) is 3.93. The Morgan fingerprint density at radius 1 is 1.08 bits per heavy atom. The lowest BCUT2D eigenvalue weighted by molar-refractivity contribution is 0.557. The highest BCUT2D eigenvalue weighted by molar-refractivity contribution is 7.90. The number of anilines is 1. The van der Waals surface area contributed by atoms with Gasteiger partial charge in [0.25, 0.3) is 10.0 Å². The Morgan fingerprint density at radius 3 is 2.60 bits per heavy atom. The first-order chi connectivity index (χ1) is 12.1. The number of aromatic nitrogens is 2. The van der Waals surface area contributed by atoms with Crippen LogP contribution >= 0.6 is 0 Å². The second-order valence-electron chi connectivity index (χ2n) is 5.90. The minimum atomic E-state index is -4.10. The zero-order valence-electron chi connectivity index (χ0n) is 13.4. The van der Waals surface area contributed by atoms with E-state index in [1.54, 1.807) is 6.07 Å². The third-order valence-corrected chi connectivity index (χ3v) is 5.98. The van der Waals surface area contributed by atoms with Crippen LogP contribution in [0, 0.1) is 5.82 Å². The van der Waals surface area contributed by atoms with Crippen molar-refractivity contribution in [3.8, 4) is 0 Å². The highest BCUT2D eigenvalue weighted by Gasteiger charge is 2.24. The highest BCUT2D eigenvalue weighted by Crippen LogP contribution is 2.26. The van der Waals surface area contributed by atoms with E-state index in [-0.39, 0.29) is 4.90 Å². The molecular formula is C17H17FN4O2S. The van der Waals surface area contributed by atoms with Gasteiger partial charge in [0.2, 0.25) is 0 Å². The Balaban J connectivity index is 1.83. The number of nitrogens with zero attached hydrogens (tertiary/aromatic N) is 3. The smallest absolute Gasteiger partial charge is 0.286 e. The van der Waals surface area contributed by atoms with Gasteiger partial charge in [-0.05, 0) is 30.3 Å². The van der Waals surface area contributed by atoms with Gasteiger partial charge in [-0.2, -0.15) is 17.6 Å². The van der Waals surface area contributed by atoms with E-state index in [1.807, 2.05) is 12.1 Å². The topological polar surface area (TPSA) is 67.2 Å². The van der Waals surface area contributed by atoms with E-state index in [1.165, 1.54) is 24.4 Å². The van der Waals surface area contributed by atoms with E-state index >= 15 is 0 Å². The van der Waals surface area contributed by atoms with Gasteiger partial charge in [-0.15, -0.1) is 0 Å². The lowest BCUT2D eigenvalue weighted by Gasteiger charge is -2.29. The Hall–Kier alpha value is -2.45. The van der Waals surface area contributed by atoms with E-state index in [9.17, 15) is 12.8 Å². The summed E-state index contributed by atoms with van der Waals surface area (Å²) in [6.45, 7) is 3.45. The van der Waals surface area contributed by atoms with E-state index in [2.05, 4.69) is 15.3 Å². The minimum absolute atomic E-state index is 0.382. The number of fused-ring (bicyclic) bond motifs is 1. The van der Waals surface area contributed by atoms with Crippen LogP contribution in [0.5, 0.6) is 0 Å². The summed E-state index contributed by atoms with van der Waals surface area (Å²) < 4.78 is 40.6. The molecule has 1 aromatic heterocycles. The predicted molar refractivity (Wildman–Crippen MR) is 93.8 cm³/mol. The van der Waals surface area contributed by atoms with E-state index in [0.717, 1.165) is 42.0 Å². The van der Waals surface area contributed by atoms with Crippen LogP contribution in [0.3, 0.4) is 0 Å². The number of piperazine rings is 1. The average Bonchev–Trinajstić information content (AvgIpc) is 3.06. The number of rotatable bonds is 3. The summed E-state index contributed by atoms with van der Waals surface area (Å²) in [7, 11) is -4.10. The summed E-state index contributed by atoms with van der Waals surface area (Å²) in [6.07, 6.45) is 1.48. The van der Waals surface area contributed by atoms with E-state index in [4.69, 9.17) is 0 Å². The van der Waals surface area contributed by atoms with Crippen LogP contribution in [0.15, 0.2) is 53.6 Å². The molecule has 1 fully saturated rings. The summed E-state index contributed by atoms with van der Waals surface area (Å²) >= 11 is 0. The quantitative estimate of drug-likeness (QED) is 0.772. The van der Waals surface area contributed by atoms with Crippen molar-refractivity contribution in [1.29, 1.82) is 0 Å². The first-order valence-electron chi connectivity index (χ1n) is 8.01. The van der Waals surface area contributed by atoms with Crippen molar-refractivity contribution in [2.24, 2.45) is 0 Å². The third-order valence-electron chi connectivity index (χ3n) is 4.35. The Morgan fingerprint density at radius 2 is 1.84 bits per heavy atom. The fourth-order valence-electron chi connectivity index (χ4n) is 3.04. The van der Waals surface area contributed by atoms with Gasteiger partial charge in [-0.1, -0.05) is 12.1 Å². The van der Waals surface area contributed by atoms with Crippen LogP contribution in [-0.4, -0.2) is 43.8 Å². The lowest BCUT2D eigenvalue weighted by Crippen LogP contribution is -2.43. The average molecular weight is 360 g/mol. The summed E-state index contributed by atoms with van der Waals surface area (Å²) in [4.78, 5) is 1.80. The Bertz CT molecular complexity index is 1030. The van der Waals surface area contributed by atoms with E-state index < -0.39 is 15.8 Å². The monoisotopic (exact) mass is 360 g/mol. The maximum atomic E-state index is 14.0. The molecule has 3 aromatic rings. The fourth-order valence-corrected chi connectivity index (χ4v) is 4.38. The van der Waals surface area contributed by atoms with Crippen molar-refractivity contribution >= 4 is 26.6 Å².